The van der Waals surface area contributed by atoms with Gasteiger partial charge in [-0.05, 0) is 59.7 Å². The molecule has 5 nitrogen and oxygen atoms in total. The molecule has 0 unspecified atom stereocenters. The first-order chi connectivity index (χ1) is 11.5. The smallest absolute Gasteiger partial charge is 0.424 e. The molecular formula is C17H21BrF3NO4. The zero-order chi connectivity index (χ0) is 20.5. The van der Waals surface area contributed by atoms with Crippen molar-refractivity contribution in [3.63, 3.8) is 0 Å². The molecule has 0 radical (unpaired) electrons. The van der Waals surface area contributed by atoms with Crippen LogP contribution in [0, 0.1) is 0 Å². The molecule has 0 aliphatic heterocycles. The summed E-state index contributed by atoms with van der Waals surface area (Å²) < 4.78 is 49.6. The number of amides is 2. The van der Waals surface area contributed by atoms with Crippen molar-refractivity contribution in [1.29, 1.82) is 0 Å². The summed E-state index contributed by atoms with van der Waals surface area (Å²) in [5, 5.41) is 0. The number of benzene rings is 1. The first-order valence-corrected chi connectivity index (χ1v) is 8.43. The molecule has 0 aliphatic carbocycles. The lowest BCUT2D eigenvalue weighted by Gasteiger charge is -2.29. The van der Waals surface area contributed by atoms with Crippen molar-refractivity contribution >= 4 is 33.8 Å². The molecule has 1 rings (SSSR count). The number of ether oxygens (including phenoxy) is 2. The molecule has 0 saturated heterocycles. The quantitative estimate of drug-likeness (QED) is 0.526. The Balaban J connectivity index is 3.43. The maximum absolute atomic E-state index is 13.1. The van der Waals surface area contributed by atoms with Crippen molar-refractivity contribution in [2.75, 3.05) is 4.90 Å². The van der Waals surface area contributed by atoms with Gasteiger partial charge >= 0.3 is 18.4 Å². The lowest BCUT2D eigenvalue weighted by atomic mass is 10.1. The second kappa shape index (κ2) is 7.46. The van der Waals surface area contributed by atoms with Crippen molar-refractivity contribution in [3.05, 3.63) is 28.2 Å². The first-order valence-electron chi connectivity index (χ1n) is 7.63. The lowest BCUT2D eigenvalue weighted by Crippen LogP contribution is -2.43. The van der Waals surface area contributed by atoms with Gasteiger partial charge in [-0.3, -0.25) is 0 Å². The number of nitrogens with zero attached hydrogens (tertiary/aromatic N) is 1. The molecule has 0 N–H and O–H groups in total. The monoisotopic (exact) mass is 439 g/mol. The normalized spacial score (nSPS) is 12.5. The van der Waals surface area contributed by atoms with E-state index >= 15 is 0 Å². The number of hydrogen-bond acceptors (Lipinski definition) is 4. The van der Waals surface area contributed by atoms with Crippen molar-refractivity contribution in [1.82, 2.24) is 0 Å². The van der Waals surface area contributed by atoms with Gasteiger partial charge in [0.1, 0.15) is 11.2 Å². The second-order valence-electron chi connectivity index (χ2n) is 7.49. The van der Waals surface area contributed by atoms with E-state index < -0.39 is 35.1 Å². The van der Waals surface area contributed by atoms with Crippen molar-refractivity contribution in [2.24, 2.45) is 0 Å². The average molecular weight is 440 g/mol. The number of alkyl halides is 3. The molecule has 0 heterocycles. The van der Waals surface area contributed by atoms with Crippen LogP contribution < -0.4 is 4.90 Å². The van der Waals surface area contributed by atoms with Crippen LogP contribution in [0.15, 0.2) is 22.7 Å². The molecule has 0 spiro atoms. The fraction of sp³-hybridized carbons (Fsp3) is 0.529. The zero-order valence-electron chi connectivity index (χ0n) is 15.3. The molecule has 0 fully saturated rings. The predicted molar refractivity (Wildman–Crippen MR) is 94.1 cm³/mol. The van der Waals surface area contributed by atoms with Gasteiger partial charge in [-0.2, -0.15) is 18.1 Å². The summed E-state index contributed by atoms with van der Waals surface area (Å²) in [6, 6.07) is 2.72. The minimum absolute atomic E-state index is 0.0412. The van der Waals surface area contributed by atoms with E-state index in [-0.39, 0.29) is 10.2 Å². The summed E-state index contributed by atoms with van der Waals surface area (Å²) in [6.07, 6.45) is -6.94. The Morgan fingerprint density at radius 2 is 1.31 bits per heavy atom. The standard InChI is InChI=1S/C17H21BrF3NO4/c1-15(2,3)25-13(23)22(14(24)26-16(4,5)6)12-8-10(17(19,20)21)7-11(18)9-12/h7-9H,1-6H3. The van der Waals surface area contributed by atoms with Crippen molar-refractivity contribution < 1.29 is 32.2 Å². The molecule has 0 aliphatic rings. The Bertz CT molecular complexity index is 663. The van der Waals surface area contributed by atoms with Gasteiger partial charge in [-0.25, -0.2) is 9.59 Å². The summed E-state index contributed by atoms with van der Waals surface area (Å²) >= 11 is 2.96. The fourth-order valence-electron chi connectivity index (χ4n) is 1.77. The van der Waals surface area contributed by atoms with E-state index in [2.05, 4.69) is 15.9 Å². The van der Waals surface area contributed by atoms with Gasteiger partial charge in [-0.1, -0.05) is 15.9 Å². The molecule has 1 aromatic rings. The average Bonchev–Trinajstić information content (AvgIpc) is 2.32. The van der Waals surface area contributed by atoms with Gasteiger partial charge in [0.15, 0.2) is 0 Å². The molecule has 1 aromatic carbocycles. The molecule has 0 atom stereocenters. The third kappa shape index (κ3) is 6.86. The van der Waals surface area contributed by atoms with Crippen LogP contribution in [-0.4, -0.2) is 23.4 Å². The Morgan fingerprint density at radius 1 is 0.885 bits per heavy atom. The maximum Gasteiger partial charge on any atom is 0.424 e. The van der Waals surface area contributed by atoms with Crippen LogP contribution >= 0.6 is 15.9 Å². The topological polar surface area (TPSA) is 55.8 Å². The summed E-state index contributed by atoms with van der Waals surface area (Å²) in [7, 11) is 0. The number of halogens is 4. The molecule has 146 valence electrons. The van der Waals surface area contributed by atoms with E-state index in [1.54, 1.807) is 41.5 Å². The number of hydrogen-bond donors (Lipinski definition) is 0. The molecule has 0 aromatic heterocycles. The van der Waals surface area contributed by atoms with Crippen LogP contribution in [0.1, 0.15) is 47.1 Å². The minimum atomic E-state index is -4.66. The van der Waals surface area contributed by atoms with Crippen LogP contribution in [0.4, 0.5) is 28.4 Å². The Morgan fingerprint density at radius 3 is 1.65 bits per heavy atom. The van der Waals surface area contributed by atoms with E-state index in [1.165, 1.54) is 6.07 Å². The molecule has 2 amide bonds. The molecule has 0 bridgehead atoms. The van der Waals surface area contributed by atoms with E-state index in [9.17, 15) is 22.8 Å². The van der Waals surface area contributed by atoms with Gasteiger partial charge in [0.25, 0.3) is 0 Å². The summed E-state index contributed by atoms with van der Waals surface area (Å²) in [4.78, 5) is 25.4. The van der Waals surface area contributed by atoms with E-state index in [0.29, 0.717) is 11.0 Å². The first kappa shape index (κ1) is 22.3. The number of rotatable bonds is 1. The van der Waals surface area contributed by atoms with Crippen LogP contribution in [0.25, 0.3) is 0 Å². The van der Waals surface area contributed by atoms with Gasteiger partial charge in [0, 0.05) is 4.47 Å². The van der Waals surface area contributed by atoms with Crippen LogP contribution in [-0.2, 0) is 15.7 Å². The van der Waals surface area contributed by atoms with E-state index in [1.807, 2.05) is 0 Å². The van der Waals surface area contributed by atoms with Gasteiger partial charge in [-0.15, -0.1) is 0 Å². The Labute approximate surface area is 158 Å². The summed E-state index contributed by atoms with van der Waals surface area (Å²) in [5.41, 5.74) is -3.28. The second-order valence-corrected chi connectivity index (χ2v) is 8.41. The van der Waals surface area contributed by atoms with Gasteiger partial charge < -0.3 is 9.47 Å². The Hall–Kier alpha value is -1.77. The number of anilines is 1. The minimum Gasteiger partial charge on any atom is -0.443 e. The van der Waals surface area contributed by atoms with Crippen LogP contribution in [0.5, 0.6) is 0 Å². The molecular weight excluding hydrogens is 419 g/mol. The highest BCUT2D eigenvalue weighted by atomic mass is 79.9. The number of carbonyl (C=O) groups is 2. The zero-order valence-corrected chi connectivity index (χ0v) is 16.9. The van der Waals surface area contributed by atoms with Crippen LogP contribution in [0.2, 0.25) is 0 Å². The van der Waals surface area contributed by atoms with Crippen molar-refractivity contribution in [2.45, 2.75) is 58.9 Å². The predicted octanol–water partition coefficient (Wildman–Crippen LogP) is 6.14. The largest absolute Gasteiger partial charge is 0.443 e. The fourth-order valence-corrected chi connectivity index (χ4v) is 2.25. The molecule has 26 heavy (non-hydrogen) atoms. The lowest BCUT2D eigenvalue weighted by molar-refractivity contribution is -0.137. The number of imide groups is 1. The van der Waals surface area contributed by atoms with E-state index in [4.69, 9.17) is 9.47 Å². The summed E-state index contributed by atoms with van der Waals surface area (Å²) in [6.45, 7) is 9.42. The van der Waals surface area contributed by atoms with Crippen LogP contribution in [0.3, 0.4) is 0 Å². The Kier molecular flexibility index (Phi) is 6.39. The highest BCUT2D eigenvalue weighted by Crippen LogP contribution is 2.35. The van der Waals surface area contributed by atoms with Crippen molar-refractivity contribution in [3.8, 4) is 0 Å². The molecule has 9 heteroatoms. The van der Waals surface area contributed by atoms with E-state index in [0.717, 1.165) is 6.07 Å². The third-order valence-corrected chi connectivity index (χ3v) is 3.08. The highest BCUT2D eigenvalue weighted by Gasteiger charge is 2.36. The maximum atomic E-state index is 13.1. The number of carbonyl (C=O) groups excluding carboxylic acids is 2. The van der Waals surface area contributed by atoms with Gasteiger partial charge in [0.2, 0.25) is 0 Å². The summed E-state index contributed by atoms with van der Waals surface area (Å²) in [5.74, 6) is 0. The highest BCUT2D eigenvalue weighted by molar-refractivity contribution is 9.10. The molecule has 0 saturated carbocycles. The van der Waals surface area contributed by atoms with Gasteiger partial charge in [0.05, 0.1) is 11.3 Å². The SMILES string of the molecule is CC(C)(C)OC(=O)N(C(=O)OC(C)(C)C)c1cc(Br)cc(C(F)(F)F)c1. The third-order valence-electron chi connectivity index (χ3n) is 2.62.